The Hall–Kier alpha value is -0.570. The van der Waals surface area contributed by atoms with E-state index in [1.165, 1.54) is 38.5 Å². The van der Waals surface area contributed by atoms with Crippen molar-refractivity contribution in [2.45, 2.75) is 84.6 Å². The molecule has 1 rings (SSSR count). The maximum absolute atomic E-state index is 12.3. The molecule has 2 unspecified atom stereocenters. The van der Waals surface area contributed by atoms with E-state index in [0.717, 1.165) is 38.9 Å². The van der Waals surface area contributed by atoms with Crippen molar-refractivity contribution < 1.29 is 4.79 Å². The molecule has 1 aliphatic rings. The molecule has 0 saturated carbocycles. The lowest BCUT2D eigenvalue weighted by atomic mass is 9.89. The van der Waals surface area contributed by atoms with E-state index >= 15 is 0 Å². The number of hydrogen-bond donors (Lipinski definition) is 1. The van der Waals surface area contributed by atoms with Crippen molar-refractivity contribution in [1.29, 1.82) is 0 Å². The van der Waals surface area contributed by atoms with E-state index in [2.05, 4.69) is 31.0 Å². The largest absolute Gasteiger partial charge is 0.342 e. The highest BCUT2D eigenvalue weighted by Crippen LogP contribution is 2.21. The van der Waals surface area contributed by atoms with Crippen molar-refractivity contribution in [3.63, 3.8) is 0 Å². The van der Waals surface area contributed by atoms with Crippen LogP contribution in [0.1, 0.15) is 78.6 Å². The Morgan fingerprint density at radius 1 is 1.10 bits per heavy atom. The molecular weight excluding hydrogens is 260 g/mol. The SMILES string of the molecule is CCCCCCCC(=O)N1CCC(NCCC)C(CC)C1. The molecule has 1 fully saturated rings. The lowest BCUT2D eigenvalue weighted by Gasteiger charge is -2.39. The molecule has 3 nitrogen and oxygen atoms in total. The van der Waals surface area contributed by atoms with Gasteiger partial charge in [0, 0.05) is 25.6 Å². The molecule has 124 valence electrons. The van der Waals surface area contributed by atoms with Crippen molar-refractivity contribution in [3.8, 4) is 0 Å². The zero-order valence-electron chi connectivity index (χ0n) is 14.5. The fourth-order valence-electron chi connectivity index (χ4n) is 3.31. The van der Waals surface area contributed by atoms with Crippen molar-refractivity contribution in [3.05, 3.63) is 0 Å². The minimum Gasteiger partial charge on any atom is -0.342 e. The van der Waals surface area contributed by atoms with Gasteiger partial charge >= 0.3 is 0 Å². The van der Waals surface area contributed by atoms with Gasteiger partial charge in [-0.25, -0.2) is 0 Å². The third kappa shape index (κ3) is 6.82. The first kappa shape index (κ1) is 18.5. The van der Waals surface area contributed by atoms with Crippen LogP contribution in [0.25, 0.3) is 0 Å². The monoisotopic (exact) mass is 296 g/mol. The standard InChI is InChI=1S/C18H36N2O/c1-4-7-8-9-10-11-18(21)20-14-12-17(19-13-5-2)16(6-3)15-20/h16-17,19H,4-15H2,1-3H3. The first-order chi connectivity index (χ1) is 10.2. The summed E-state index contributed by atoms with van der Waals surface area (Å²) in [5.74, 6) is 1.02. The van der Waals surface area contributed by atoms with Crippen LogP contribution < -0.4 is 5.32 Å². The van der Waals surface area contributed by atoms with Crippen molar-refractivity contribution in [1.82, 2.24) is 10.2 Å². The zero-order chi connectivity index (χ0) is 15.5. The summed E-state index contributed by atoms with van der Waals surface area (Å²) >= 11 is 0. The van der Waals surface area contributed by atoms with Crippen LogP contribution in [0.5, 0.6) is 0 Å². The number of amides is 1. The van der Waals surface area contributed by atoms with E-state index in [-0.39, 0.29) is 0 Å². The van der Waals surface area contributed by atoms with Gasteiger partial charge in [0.2, 0.25) is 5.91 Å². The first-order valence-corrected chi connectivity index (χ1v) is 9.24. The van der Waals surface area contributed by atoms with Crippen LogP contribution in [0.2, 0.25) is 0 Å². The summed E-state index contributed by atoms with van der Waals surface area (Å²) in [6.45, 7) is 9.71. The number of unbranched alkanes of at least 4 members (excludes halogenated alkanes) is 4. The predicted molar refractivity (Wildman–Crippen MR) is 90.4 cm³/mol. The highest BCUT2D eigenvalue weighted by molar-refractivity contribution is 5.76. The summed E-state index contributed by atoms with van der Waals surface area (Å²) in [4.78, 5) is 14.4. The molecule has 1 saturated heterocycles. The fourth-order valence-corrected chi connectivity index (χ4v) is 3.31. The van der Waals surface area contributed by atoms with E-state index in [1.54, 1.807) is 0 Å². The summed E-state index contributed by atoms with van der Waals surface area (Å²) < 4.78 is 0. The second-order valence-electron chi connectivity index (χ2n) is 6.52. The molecule has 0 aromatic heterocycles. The molecule has 1 N–H and O–H groups in total. The number of rotatable bonds is 10. The molecule has 1 aliphatic heterocycles. The molecule has 0 spiro atoms. The van der Waals surface area contributed by atoms with E-state index in [4.69, 9.17) is 0 Å². The minimum atomic E-state index is 0.388. The molecule has 2 atom stereocenters. The Morgan fingerprint density at radius 3 is 2.52 bits per heavy atom. The predicted octanol–water partition coefficient (Wildman–Crippen LogP) is 3.97. The van der Waals surface area contributed by atoms with Gasteiger partial charge in [-0.2, -0.15) is 0 Å². The second-order valence-corrected chi connectivity index (χ2v) is 6.52. The average Bonchev–Trinajstić information content (AvgIpc) is 2.52. The van der Waals surface area contributed by atoms with E-state index < -0.39 is 0 Å². The maximum Gasteiger partial charge on any atom is 0.222 e. The van der Waals surface area contributed by atoms with Gasteiger partial charge in [0.1, 0.15) is 0 Å². The Morgan fingerprint density at radius 2 is 1.86 bits per heavy atom. The van der Waals surface area contributed by atoms with Crippen LogP contribution in [0, 0.1) is 5.92 Å². The summed E-state index contributed by atoms with van der Waals surface area (Å²) in [5, 5.41) is 3.66. The second kappa shape index (κ2) is 11.1. The Balaban J connectivity index is 2.28. The van der Waals surface area contributed by atoms with Crippen LogP contribution in [0.15, 0.2) is 0 Å². The normalized spacial score (nSPS) is 22.5. The molecule has 21 heavy (non-hydrogen) atoms. The number of carbonyl (C=O) groups excluding carboxylic acids is 1. The quantitative estimate of drug-likeness (QED) is 0.619. The molecule has 3 heteroatoms. The maximum atomic E-state index is 12.3. The summed E-state index contributed by atoms with van der Waals surface area (Å²) in [7, 11) is 0. The molecule has 0 radical (unpaired) electrons. The van der Waals surface area contributed by atoms with Crippen LogP contribution in [0.4, 0.5) is 0 Å². The highest BCUT2D eigenvalue weighted by atomic mass is 16.2. The van der Waals surface area contributed by atoms with Crippen LogP contribution in [-0.2, 0) is 4.79 Å². The van der Waals surface area contributed by atoms with Gasteiger partial charge in [-0.1, -0.05) is 52.9 Å². The van der Waals surface area contributed by atoms with Crippen LogP contribution in [-0.4, -0.2) is 36.5 Å². The lowest BCUT2D eigenvalue weighted by Crippen LogP contribution is -2.51. The van der Waals surface area contributed by atoms with Gasteiger partial charge < -0.3 is 10.2 Å². The Bertz CT molecular complexity index is 280. The summed E-state index contributed by atoms with van der Waals surface area (Å²) in [6, 6.07) is 0.614. The average molecular weight is 296 g/mol. The first-order valence-electron chi connectivity index (χ1n) is 9.24. The van der Waals surface area contributed by atoms with Crippen LogP contribution in [0.3, 0.4) is 0 Å². The molecule has 0 aromatic carbocycles. The number of hydrogen-bond acceptors (Lipinski definition) is 2. The third-order valence-electron chi connectivity index (χ3n) is 4.76. The summed E-state index contributed by atoms with van der Waals surface area (Å²) in [6.07, 6.45) is 10.4. The van der Waals surface area contributed by atoms with Gasteiger partial charge in [0.05, 0.1) is 0 Å². The number of likely N-dealkylation sites (tertiary alicyclic amines) is 1. The Labute approximate surface area is 131 Å². The molecule has 0 aliphatic carbocycles. The highest BCUT2D eigenvalue weighted by Gasteiger charge is 2.29. The van der Waals surface area contributed by atoms with Crippen molar-refractivity contribution >= 4 is 5.91 Å². The number of piperidine rings is 1. The molecular formula is C18H36N2O. The lowest BCUT2D eigenvalue weighted by molar-refractivity contribution is -0.133. The molecule has 0 bridgehead atoms. The van der Waals surface area contributed by atoms with Crippen molar-refractivity contribution in [2.75, 3.05) is 19.6 Å². The van der Waals surface area contributed by atoms with E-state index in [1.807, 2.05) is 0 Å². The zero-order valence-corrected chi connectivity index (χ0v) is 14.5. The van der Waals surface area contributed by atoms with Gasteiger partial charge in [-0.15, -0.1) is 0 Å². The third-order valence-corrected chi connectivity index (χ3v) is 4.76. The molecule has 1 heterocycles. The van der Waals surface area contributed by atoms with Gasteiger partial charge in [-0.05, 0) is 31.7 Å². The molecule has 0 aromatic rings. The molecule has 1 amide bonds. The van der Waals surface area contributed by atoms with Gasteiger partial charge in [-0.3, -0.25) is 4.79 Å². The van der Waals surface area contributed by atoms with E-state index in [0.29, 0.717) is 17.9 Å². The Kier molecular flexibility index (Phi) is 9.73. The van der Waals surface area contributed by atoms with Crippen molar-refractivity contribution in [2.24, 2.45) is 5.92 Å². The summed E-state index contributed by atoms with van der Waals surface area (Å²) in [5.41, 5.74) is 0. The minimum absolute atomic E-state index is 0.388. The van der Waals surface area contributed by atoms with Gasteiger partial charge in [0.25, 0.3) is 0 Å². The van der Waals surface area contributed by atoms with Gasteiger partial charge in [0.15, 0.2) is 0 Å². The fraction of sp³-hybridized carbons (Fsp3) is 0.944. The number of carbonyl (C=O) groups is 1. The van der Waals surface area contributed by atoms with E-state index in [9.17, 15) is 4.79 Å². The number of nitrogens with one attached hydrogen (secondary N) is 1. The smallest absolute Gasteiger partial charge is 0.222 e. The topological polar surface area (TPSA) is 32.3 Å². The van der Waals surface area contributed by atoms with Crippen LogP contribution >= 0.6 is 0 Å². The number of nitrogens with zero attached hydrogens (tertiary/aromatic N) is 1.